The van der Waals surface area contributed by atoms with Gasteiger partial charge in [-0.2, -0.15) is 0 Å². The van der Waals surface area contributed by atoms with Gasteiger partial charge in [-0.25, -0.2) is 19.3 Å². The molecule has 1 aliphatic rings. The van der Waals surface area contributed by atoms with Crippen LogP contribution in [-0.4, -0.2) is 40.5 Å². The summed E-state index contributed by atoms with van der Waals surface area (Å²) in [4.78, 5) is 41.3. The van der Waals surface area contributed by atoms with Crippen molar-refractivity contribution in [1.82, 2.24) is 9.80 Å². The van der Waals surface area contributed by atoms with Gasteiger partial charge >= 0.3 is 18.1 Å². The molecule has 3 amide bonds. The number of halogens is 2. The molecular weight excluding hydrogens is 491 g/mol. The Morgan fingerprint density at radius 2 is 1.40 bits per heavy atom. The lowest BCUT2D eigenvalue weighted by atomic mass is 10.2. The van der Waals surface area contributed by atoms with Crippen LogP contribution in [0.4, 0.5) is 9.59 Å². The van der Waals surface area contributed by atoms with Crippen molar-refractivity contribution < 1.29 is 23.9 Å². The molecule has 1 heterocycles. The SMILES string of the molecule is O=C(OCc1ccccc1)[C@@H]1CN(Cc2ccc(Cl)c(Cl)c2)C(=O)N1C(=O)OCc1ccccc1. The summed E-state index contributed by atoms with van der Waals surface area (Å²) in [5, 5.41) is 0.727. The molecule has 1 aliphatic heterocycles. The molecule has 0 aliphatic carbocycles. The van der Waals surface area contributed by atoms with Crippen molar-refractivity contribution in [1.29, 1.82) is 0 Å². The van der Waals surface area contributed by atoms with Gasteiger partial charge < -0.3 is 14.4 Å². The summed E-state index contributed by atoms with van der Waals surface area (Å²) < 4.78 is 10.8. The number of rotatable bonds is 7. The molecule has 0 N–H and O–H groups in total. The van der Waals surface area contributed by atoms with Crippen LogP contribution in [0.1, 0.15) is 16.7 Å². The Kier molecular flexibility index (Phi) is 7.90. The van der Waals surface area contributed by atoms with Gasteiger partial charge in [0.2, 0.25) is 0 Å². The lowest BCUT2D eigenvalue weighted by Gasteiger charge is -2.20. The van der Waals surface area contributed by atoms with Crippen LogP contribution in [0, 0.1) is 0 Å². The summed E-state index contributed by atoms with van der Waals surface area (Å²) in [7, 11) is 0. The molecule has 0 aromatic heterocycles. The number of hydrogen-bond donors (Lipinski definition) is 0. The second-order valence-electron chi connectivity index (χ2n) is 7.93. The van der Waals surface area contributed by atoms with Gasteiger partial charge in [0.25, 0.3) is 0 Å². The van der Waals surface area contributed by atoms with E-state index in [9.17, 15) is 14.4 Å². The van der Waals surface area contributed by atoms with Crippen LogP contribution in [0.3, 0.4) is 0 Å². The molecule has 9 heteroatoms. The molecule has 3 aromatic rings. The van der Waals surface area contributed by atoms with Crippen LogP contribution in [0.25, 0.3) is 0 Å². The van der Waals surface area contributed by atoms with Gasteiger partial charge in [0.05, 0.1) is 16.6 Å². The fourth-order valence-corrected chi connectivity index (χ4v) is 3.96. The number of benzene rings is 3. The van der Waals surface area contributed by atoms with Crippen molar-refractivity contribution in [2.75, 3.05) is 6.54 Å². The van der Waals surface area contributed by atoms with E-state index < -0.39 is 24.1 Å². The van der Waals surface area contributed by atoms with Crippen molar-refractivity contribution in [2.45, 2.75) is 25.8 Å². The van der Waals surface area contributed by atoms with E-state index in [-0.39, 0.29) is 26.3 Å². The number of imide groups is 1. The predicted molar refractivity (Wildman–Crippen MR) is 131 cm³/mol. The minimum atomic E-state index is -1.16. The Hall–Kier alpha value is -3.55. The zero-order valence-electron chi connectivity index (χ0n) is 18.6. The highest BCUT2D eigenvalue weighted by molar-refractivity contribution is 6.42. The summed E-state index contributed by atoms with van der Waals surface area (Å²) in [6.45, 7) is 0.0554. The lowest BCUT2D eigenvalue weighted by Crippen LogP contribution is -2.44. The third-order valence-electron chi connectivity index (χ3n) is 5.44. The monoisotopic (exact) mass is 512 g/mol. The number of carbonyl (C=O) groups excluding carboxylic acids is 3. The van der Waals surface area contributed by atoms with E-state index >= 15 is 0 Å². The van der Waals surface area contributed by atoms with Crippen molar-refractivity contribution in [3.63, 3.8) is 0 Å². The topological polar surface area (TPSA) is 76.2 Å². The van der Waals surface area contributed by atoms with Crippen molar-refractivity contribution in [3.8, 4) is 0 Å². The van der Waals surface area contributed by atoms with Crippen LogP contribution in [0.2, 0.25) is 10.0 Å². The maximum absolute atomic E-state index is 13.2. The van der Waals surface area contributed by atoms with Gasteiger partial charge in [-0.3, -0.25) is 0 Å². The molecule has 0 unspecified atom stereocenters. The average molecular weight is 513 g/mol. The third kappa shape index (κ3) is 6.12. The molecule has 180 valence electrons. The number of hydrogen-bond acceptors (Lipinski definition) is 5. The largest absolute Gasteiger partial charge is 0.459 e. The first kappa shape index (κ1) is 24.6. The number of carbonyl (C=O) groups is 3. The molecule has 0 bridgehead atoms. The highest BCUT2D eigenvalue weighted by Gasteiger charge is 2.47. The number of nitrogens with zero attached hydrogens (tertiary/aromatic N) is 2. The second kappa shape index (κ2) is 11.3. The van der Waals surface area contributed by atoms with Crippen LogP contribution in [-0.2, 0) is 34.0 Å². The first-order valence-corrected chi connectivity index (χ1v) is 11.6. The van der Waals surface area contributed by atoms with Crippen molar-refractivity contribution in [3.05, 3.63) is 106 Å². The predicted octanol–water partition coefficient (Wildman–Crippen LogP) is 5.68. The molecule has 0 saturated carbocycles. The third-order valence-corrected chi connectivity index (χ3v) is 6.18. The summed E-state index contributed by atoms with van der Waals surface area (Å²) in [6.07, 6.45) is -0.919. The Morgan fingerprint density at radius 1 is 0.800 bits per heavy atom. The van der Waals surface area contributed by atoms with E-state index in [0.29, 0.717) is 15.6 Å². The highest BCUT2D eigenvalue weighted by Crippen LogP contribution is 2.26. The Bertz CT molecular complexity index is 1210. The lowest BCUT2D eigenvalue weighted by molar-refractivity contribution is -0.149. The van der Waals surface area contributed by atoms with Crippen LogP contribution < -0.4 is 0 Å². The summed E-state index contributed by atoms with van der Waals surface area (Å²) in [6, 6.07) is 21.4. The van der Waals surface area contributed by atoms with E-state index in [0.717, 1.165) is 16.0 Å². The van der Waals surface area contributed by atoms with Crippen molar-refractivity contribution >= 4 is 41.3 Å². The molecule has 1 atom stereocenters. The maximum atomic E-state index is 13.2. The smallest absolute Gasteiger partial charge is 0.419 e. The van der Waals surface area contributed by atoms with Gasteiger partial charge in [0.15, 0.2) is 6.04 Å². The number of ether oxygens (including phenoxy) is 2. The van der Waals surface area contributed by atoms with Gasteiger partial charge in [0, 0.05) is 6.54 Å². The number of esters is 1. The number of urea groups is 1. The molecule has 3 aromatic carbocycles. The van der Waals surface area contributed by atoms with Gasteiger partial charge in [-0.05, 0) is 28.8 Å². The van der Waals surface area contributed by atoms with E-state index in [1.165, 1.54) is 4.90 Å². The molecule has 0 radical (unpaired) electrons. The Morgan fingerprint density at radius 3 is 2.00 bits per heavy atom. The second-order valence-corrected chi connectivity index (χ2v) is 8.75. The minimum Gasteiger partial charge on any atom is -0.459 e. The molecule has 1 saturated heterocycles. The molecule has 7 nitrogen and oxygen atoms in total. The molecule has 35 heavy (non-hydrogen) atoms. The minimum absolute atomic E-state index is 0.0179. The summed E-state index contributed by atoms with van der Waals surface area (Å²) >= 11 is 12.1. The van der Waals surface area contributed by atoms with E-state index in [4.69, 9.17) is 32.7 Å². The quantitative estimate of drug-likeness (QED) is 0.380. The van der Waals surface area contributed by atoms with Crippen LogP contribution in [0.5, 0.6) is 0 Å². The molecule has 4 rings (SSSR count). The van der Waals surface area contributed by atoms with Gasteiger partial charge in [-0.15, -0.1) is 0 Å². The Balaban J connectivity index is 1.50. The fraction of sp³-hybridized carbons (Fsp3) is 0.192. The van der Waals surface area contributed by atoms with E-state index in [1.54, 1.807) is 30.3 Å². The van der Waals surface area contributed by atoms with Gasteiger partial charge in [0.1, 0.15) is 13.2 Å². The van der Waals surface area contributed by atoms with E-state index in [1.807, 2.05) is 48.5 Å². The standard InChI is InChI=1S/C26H22Cl2N2O5/c27-21-12-11-20(13-22(21)28)14-29-15-23(24(31)34-16-18-7-3-1-4-8-18)30(25(29)32)26(33)35-17-19-9-5-2-6-10-19/h1-13,23H,14-17H2/t23-/m0/s1. The normalized spacial score (nSPS) is 15.3. The van der Waals surface area contributed by atoms with E-state index in [2.05, 4.69) is 0 Å². The fourth-order valence-electron chi connectivity index (χ4n) is 3.64. The van der Waals surface area contributed by atoms with Crippen LogP contribution in [0.15, 0.2) is 78.9 Å². The molecule has 0 spiro atoms. The van der Waals surface area contributed by atoms with Crippen LogP contribution >= 0.6 is 23.2 Å². The molecular formula is C26H22Cl2N2O5. The van der Waals surface area contributed by atoms with Crippen molar-refractivity contribution in [2.24, 2.45) is 0 Å². The first-order valence-electron chi connectivity index (χ1n) is 10.9. The zero-order chi connectivity index (χ0) is 24.8. The first-order chi connectivity index (χ1) is 16.9. The van der Waals surface area contributed by atoms with Gasteiger partial charge in [-0.1, -0.05) is 89.9 Å². The number of amides is 3. The summed E-state index contributed by atoms with van der Waals surface area (Å²) in [5.74, 6) is -0.699. The average Bonchev–Trinajstić information content (AvgIpc) is 3.20. The highest BCUT2D eigenvalue weighted by atomic mass is 35.5. The maximum Gasteiger partial charge on any atom is 0.419 e. The Labute approximate surface area is 212 Å². The summed E-state index contributed by atoms with van der Waals surface area (Å²) in [5.41, 5.74) is 2.24. The molecule has 1 fully saturated rings. The zero-order valence-corrected chi connectivity index (χ0v) is 20.1.